The summed E-state index contributed by atoms with van der Waals surface area (Å²) in [6.45, 7) is 1.84. The van der Waals surface area contributed by atoms with Crippen molar-refractivity contribution in [3.63, 3.8) is 0 Å². The maximum atomic E-state index is 13.7. The second-order valence-electron chi connectivity index (χ2n) is 9.62. The molecule has 2 aliphatic rings. The van der Waals surface area contributed by atoms with Crippen LogP contribution in [0.5, 0.6) is 0 Å². The zero-order valence-electron chi connectivity index (χ0n) is 20.4. The molecule has 2 saturated heterocycles. The third-order valence-corrected chi connectivity index (χ3v) is 7.28. The zero-order valence-corrected chi connectivity index (χ0v) is 20.4. The fourth-order valence-corrected chi connectivity index (χ4v) is 5.28. The van der Waals surface area contributed by atoms with Gasteiger partial charge in [0.1, 0.15) is 12.1 Å². The van der Waals surface area contributed by atoms with Crippen molar-refractivity contribution in [1.29, 1.82) is 0 Å². The monoisotopic (exact) mass is 476 g/mol. The van der Waals surface area contributed by atoms with Gasteiger partial charge in [-0.2, -0.15) is 0 Å². The molecular weight excluding hydrogens is 440 g/mol. The van der Waals surface area contributed by atoms with Crippen LogP contribution in [0, 0.1) is 0 Å². The number of benzene rings is 2. The maximum Gasteiger partial charge on any atom is 0.246 e. The summed E-state index contributed by atoms with van der Waals surface area (Å²) in [7, 11) is 0. The van der Waals surface area contributed by atoms with E-state index in [1.807, 2.05) is 67.6 Å². The Hall–Kier alpha value is -3.19. The van der Waals surface area contributed by atoms with Gasteiger partial charge in [0.15, 0.2) is 0 Å². The molecule has 0 radical (unpaired) electrons. The molecule has 2 aromatic carbocycles. The first-order chi connectivity index (χ1) is 17.0. The lowest BCUT2D eigenvalue weighted by atomic mass is 9.97. The van der Waals surface area contributed by atoms with Gasteiger partial charge in [0.2, 0.25) is 17.7 Å². The predicted octanol–water partition coefficient (Wildman–Crippen LogP) is 3.05. The summed E-state index contributed by atoms with van der Waals surface area (Å²) >= 11 is 0. The van der Waals surface area contributed by atoms with Gasteiger partial charge in [-0.1, -0.05) is 80.4 Å². The molecule has 0 aliphatic carbocycles. The molecule has 2 fully saturated rings. The topological polar surface area (TPSA) is 105 Å². The molecular formula is C28H36N4O3. The highest BCUT2D eigenvalue weighted by Crippen LogP contribution is 2.32. The molecule has 186 valence electrons. The lowest BCUT2D eigenvalue weighted by Gasteiger charge is -2.36. The van der Waals surface area contributed by atoms with Crippen LogP contribution in [-0.2, 0) is 14.4 Å². The Morgan fingerprint density at radius 3 is 2.14 bits per heavy atom. The molecule has 4 N–H and O–H groups in total. The van der Waals surface area contributed by atoms with Crippen LogP contribution < -0.4 is 16.4 Å². The Morgan fingerprint density at radius 2 is 1.54 bits per heavy atom. The largest absolute Gasteiger partial charge is 0.343 e. The number of hydrogen-bond acceptors (Lipinski definition) is 4. The van der Waals surface area contributed by atoms with E-state index in [-0.39, 0.29) is 29.8 Å². The van der Waals surface area contributed by atoms with Crippen molar-refractivity contribution < 1.29 is 14.4 Å². The fraction of sp³-hybridized carbons (Fsp3) is 0.464. The summed E-state index contributed by atoms with van der Waals surface area (Å²) in [6.07, 6.45) is 5.19. The van der Waals surface area contributed by atoms with E-state index >= 15 is 0 Å². The van der Waals surface area contributed by atoms with Crippen molar-refractivity contribution in [3.05, 3.63) is 71.8 Å². The van der Waals surface area contributed by atoms with Crippen molar-refractivity contribution in [2.45, 2.75) is 82.1 Å². The number of hydrogen-bond donors (Lipinski definition) is 3. The predicted molar refractivity (Wildman–Crippen MR) is 135 cm³/mol. The molecule has 3 amide bonds. The van der Waals surface area contributed by atoms with Crippen molar-refractivity contribution in [3.8, 4) is 0 Å². The first-order valence-corrected chi connectivity index (χ1v) is 12.8. The van der Waals surface area contributed by atoms with Gasteiger partial charge in [0, 0.05) is 6.04 Å². The summed E-state index contributed by atoms with van der Waals surface area (Å²) in [5, 5.41) is 6.09. The molecule has 0 spiro atoms. The van der Waals surface area contributed by atoms with Gasteiger partial charge in [-0.25, -0.2) is 0 Å². The van der Waals surface area contributed by atoms with Gasteiger partial charge in [0.05, 0.1) is 12.1 Å². The van der Waals surface area contributed by atoms with Crippen LogP contribution >= 0.6 is 0 Å². The summed E-state index contributed by atoms with van der Waals surface area (Å²) in [4.78, 5) is 41.5. The van der Waals surface area contributed by atoms with Gasteiger partial charge in [-0.15, -0.1) is 0 Å². The summed E-state index contributed by atoms with van der Waals surface area (Å²) in [5.41, 5.74) is 7.87. The van der Waals surface area contributed by atoms with E-state index in [0.29, 0.717) is 19.3 Å². The second kappa shape index (κ2) is 11.5. The molecule has 0 unspecified atom stereocenters. The highest BCUT2D eigenvalue weighted by molar-refractivity contribution is 5.94. The van der Waals surface area contributed by atoms with E-state index in [2.05, 4.69) is 10.6 Å². The van der Waals surface area contributed by atoms with E-state index < -0.39 is 18.1 Å². The standard InChI is InChI=1S/C28H36N4O3/c1-2-22(29)26(33)30-23-16-10-9-15-21-17-18-24(32(21)28(23)35)27(34)31-25(19-11-5-3-6-12-19)20-13-7-4-8-14-20/h3-8,11-14,21-25H,2,9-10,15-18,29H2,1H3,(H,30,33)(H,31,34)/t21-,22-,23-,24-/m0/s1. The first-order valence-electron chi connectivity index (χ1n) is 12.8. The van der Waals surface area contributed by atoms with E-state index in [4.69, 9.17) is 5.73 Å². The Labute approximate surface area is 207 Å². The quantitative estimate of drug-likeness (QED) is 0.571. The van der Waals surface area contributed by atoms with Gasteiger partial charge in [-0.05, 0) is 43.2 Å². The normalized spacial score (nSPS) is 23.2. The SMILES string of the molecule is CC[C@H](N)C(=O)N[C@H]1CCCC[C@H]2CC[C@@H](C(=O)NC(c3ccccc3)c3ccccc3)N2C1=O. The number of nitrogens with two attached hydrogens (primary N) is 1. The molecule has 2 heterocycles. The first kappa shape index (κ1) is 24.9. The Bertz CT molecular complexity index is 974. The van der Waals surface area contributed by atoms with Crippen molar-refractivity contribution >= 4 is 17.7 Å². The van der Waals surface area contributed by atoms with Crippen LogP contribution in [0.25, 0.3) is 0 Å². The zero-order chi connectivity index (χ0) is 24.8. The molecule has 0 saturated carbocycles. The third kappa shape index (κ3) is 5.73. The molecule has 35 heavy (non-hydrogen) atoms. The Kier molecular flexibility index (Phi) is 8.18. The van der Waals surface area contributed by atoms with Crippen LogP contribution in [0.2, 0.25) is 0 Å². The minimum Gasteiger partial charge on any atom is -0.343 e. The van der Waals surface area contributed by atoms with Gasteiger partial charge < -0.3 is 21.3 Å². The van der Waals surface area contributed by atoms with Crippen molar-refractivity contribution in [1.82, 2.24) is 15.5 Å². The molecule has 0 aromatic heterocycles. The molecule has 4 atom stereocenters. The van der Waals surface area contributed by atoms with Crippen molar-refractivity contribution in [2.24, 2.45) is 5.73 Å². The number of nitrogens with zero attached hydrogens (tertiary/aromatic N) is 1. The molecule has 2 aliphatic heterocycles. The summed E-state index contributed by atoms with van der Waals surface area (Å²) in [5.74, 6) is -0.633. The molecule has 7 heteroatoms. The number of carbonyl (C=O) groups excluding carboxylic acids is 3. The van der Waals surface area contributed by atoms with Crippen LogP contribution in [0.4, 0.5) is 0 Å². The summed E-state index contributed by atoms with van der Waals surface area (Å²) in [6, 6.07) is 17.6. The Morgan fingerprint density at radius 1 is 0.943 bits per heavy atom. The minimum absolute atomic E-state index is 0.0182. The fourth-order valence-electron chi connectivity index (χ4n) is 5.28. The average Bonchev–Trinajstić information content (AvgIpc) is 3.31. The van der Waals surface area contributed by atoms with Crippen molar-refractivity contribution in [2.75, 3.05) is 0 Å². The molecule has 7 nitrogen and oxygen atoms in total. The number of rotatable bonds is 7. The van der Waals surface area contributed by atoms with Gasteiger partial charge >= 0.3 is 0 Å². The summed E-state index contributed by atoms with van der Waals surface area (Å²) < 4.78 is 0. The number of amides is 3. The lowest BCUT2D eigenvalue weighted by Crippen LogP contribution is -2.58. The average molecular weight is 477 g/mol. The molecule has 0 bridgehead atoms. The number of fused-ring (bicyclic) bond motifs is 1. The second-order valence-corrected chi connectivity index (χ2v) is 9.62. The van der Waals surface area contributed by atoms with E-state index in [9.17, 15) is 14.4 Å². The molecule has 2 aromatic rings. The van der Waals surface area contributed by atoms with E-state index in [0.717, 1.165) is 36.8 Å². The van der Waals surface area contributed by atoms with Crippen LogP contribution in [0.1, 0.15) is 69.0 Å². The van der Waals surface area contributed by atoms with E-state index in [1.54, 1.807) is 4.90 Å². The van der Waals surface area contributed by atoms with E-state index in [1.165, 1.54) is 0 Å². The number of carbonyl (C=O) groups is 3. The maximum absolute atomic E-state index is 13.7. The smallest absolute Gasteiger partial charge is 0.246 e. The lowest BCUT2D eigenvalue weighted by molar-refractivity contribution is -0.144. The van der Waals surface area contributed by atoms with Crippen LogP contribution in [0.3, 0.4) is 0 Å². The number of nitrogens with one attached hydrogen (secondary N) is 2. The van der Waals surface area contributed by atoms with Crippen LogP contribution in [0.15, 0.2) is 60.7 Å². The highest BCUT2D eigenvalue weighted by Gasteiger charge is 2.44. The van der Waals surface area contributed by atoms with Gasteiger partial charge in [0.25, 0.3) is 0 Å². The minimum atomic E-state index is -0.643. The third-order valence-electron chi connectivity index (χ3n) is 7.28. The van der Waals surface area contributed by atoms with Crippen LogP contribution in [-0.4, -0.2) is 46.8 Å². The van der Waals surface area contributed by atoms with Gasteiger partial charge in [-0.3, -0.25) is 14.4 Å². The Balaban J connectivity index is 1.55. The highest BCUT2D eigenvalue weighted by atomic mass is 16.2. The molecule has 4 rings (SSSR count).